The second-order valence-electron chi connectivity index (χ2n) is 4.46. The number of hydrogen-bond acceptors (Lipinski definition) is 5. The molecule has 1 aliphatic heterocycles. The fourth-order valence-electron chi connectivity index (χ4n) is 1.95. The highest BCUT2D eigenvalue weighted by Gasteiger charge is 2.27. The third-order valence-electron chi connectivity index (χ3n) is 2.96. The van der Waals surface area contributed by atoms with Crippen molar-refractivity contribution in [2.75, 3.05) is 30.5 Å². The van der Waals surface area contributed by atoms with Crippen LogP contribution in [0.2, 0.25) is 0 Å². The van der Waals surface area contributed by atoms with Gasteiger partial charge in [-0.25, -0.2) is 4.98 Å². The third kappa shape index (κ3) is 2.92. The number of aryl methyl sites for hydroxylation is 1. The van der Waals surface area contributed by atoms with Crippen molar-refractivity contribution >= 4 is 21.9 Å². The van der Waals surface area contributed by atoms with Gasteiger partial charge in [-0.1, -0.05) is 15.9 Å². The van der Waals surface area contributed by atoms with Crippen LogP contribution in [0, 0.1) is 6.92 Å². The number of rotatable bonds is 3. The molecule has 100 valence electrons. The van der Waals surface area contributed by atoms with E-state index in [9.17, 15) is 0 Å². The molecule has 2 atom stereocenters. The molecule has 0 N–H and O–H groups in total. The molecule has 2 unspecified atom stereocenters. The summed E-state index contributed by atoms with van der Waals surface area (Å²) in [5.41, 5.74) is 0.908. The van der Waals surface area contributed by atoms with E-state index in [1.165, 1.54) is 0 Å². The third-order valence-corrected chi connectivity index (χ3v) is 3.68. The van der Waals surface area contributed by atoms with E-state index >= 15 is 0 Å². The summed E-state index contributed by atoms with van der Waals surface area (Å²) in [5, 5.41) is 0.819. The van der Waals surface area contributed by atoms with Gasteiger partial charge in [0, 0.05) is 23.6 Å². The molecule has 0 amide bonds. The standard InChI is InChI=1S/C12H18BrN3O2/c1-8-4-11(17-3)15-12(14-8)16-6-10(5-13)18-7-9(16)2/h4,9-10H,5-7H2,1-3H3. The minimum atomic E-state index is 0.177. The Morgan fingerprint density at radius 2 is 2.33 bits per heavy atom. The number of halogens is 1. The molecule has 1 fully saturated rings. The Hall–Kier alpha value is -0.880. The zero-order valence-corrected chi connectivity index (χ0v) is 12.5. The Morgan fingerprint density at radius 3 is 3.00 bits per heavy atom. The van der Waals surface area contributed by atoms with E-state index in [1.807, 2.05) is 13.0 Å². The van der Waals surface area contributed by atoms with Crippen molar-refractivity contribution in [3.05, 3.63) is 11.8 Å². The lowest BCUT2D eigenvalue weighted by atomic mass is 10.2. The maximum Gasteiger partial charge on any atom is 0.229 e. The van der Waals surface area contributed by atoms with Crippen molar-refractivity contribution in [1.82, 2.24) is 9.97 Å². The van der Waals surface area contributed by atoms with Crippen LogP contribution in [0.15, 0.2) is 6.07 Å². The van der Waals surface area contributed by atoms with Crippen molar-refractivity contribution in [1.29, 1.82) is 0 Å². The van der Waals surface area contributed by atoms with Gasteiger partial charge in [-0.15, -0.1) is 0 Å². The van der Waals surface area contributed by atoms with Crippen LogP contribution < -0.4 is 9.64 Å². The predicted octanol–water partition coefficient (Wildman–Crippen LogP) is 1.78. The molecule has 1 aromatic heterocycles. The lowest BCUT2D eigenvalue weighted by Gasteiger charge is -2.37. The van der Waals surface area contributed by atoms with Gasteiger partial charge in [0.1, 0.15) is 0 Å². The summed E-state index contributed by atoms with van der Waals surface area (Å²) < 4.78 is 10.9. The molecule has 1 saturated heterocycles. The molecule has 0 radical (unpaired) electrons. The first kappa shape index (κ1) is 13.5. The van der Waals surface area contributed by atoms with Crippen LogP contribution in [-0.4, -0.2) is 47.7 Å². The second-order valence-corrected chi connectivity index (χ2v) is 5.11. The summed E-state index contributed by atoms with van der Waals surface area (Å²) in [6.45, 7) is 5.54. The first-order chi connectivity index (χ1) is 8.63. The van der Waals surface area contributed by atoms with Crippen molar-refractivity contribution in [3.63, 3.8) is 0 Å². The monoisotopic (exact) mass is 315 g/mol. The summed E-state index contributed by atoms with van der Waals surface area (Å²) >= 11 is 3.46. The smallest absolute Gasteiger partial charge is 0.229 e. The highest BCUT2D eigenvalue weighted by molar-refractivity contribution is 9.09. The largest absolute Gasteiger partial charge is 0.481 e. The normalized spacial score (nSPS) is 24.1. The minimum absolute atomic E-state index is 0.177. The SMILES string of the molecule is COc1cc(C)nc(N2CC(CBr)OCC2C)n1. The summed E-state index contributed by atoms with van der Waals surface area (Å²) in [6.07, 6.45) is 0.177. The maximum atomic E-state index is 5.70. The summed E-state index contributed by atoms with van der Waals surface area (Å²) in [7, 11) is 1.62. The lowest BCUT2D eigenvalue weighted by molar-refractivity contribution is 0.0372. The number of aromatic nitrogens is 2. The summed E-state index contributed by atoms with van der Waals surface area (Å²) in [5.74, 6) is 1.32. The predicted molar refractivity (Wildman–Crippen MR) is 73.7 cm³/mol. The van der Waals surface area contributed by atoms with Crippen LogP contribution in [0.3, 0.4) is 0 Å². The Morgan fingerprint density at radius 1 is 1.56 bits per heavy atom. The minimum Gasteiger partial charge on any atom is -0.481 e. The molecule has 1 aliphatic rings. The van der Waals surface area contributed by atoms with Gasteiger partial charge >= 0.3 is 0 Å². The molecule has 0 bridgehead atoms. The van der Waals surface area contributed by atoms with Gasteiger partial charge in [0.2, 0.25) is 11.8 Å². The van der Waals surface area contributed by atoms with E-state index in [2.05, 4.69) is 37.7 Å². The van der Waals surface area contributed by atoms with Crippen LogP contribution >= 0.6 is 15.9 Å². The second kappa shape index (κ2) is 5.84. The molecule has 0 spiro atoms. The van der Waals surface area contributed by atoms with Crippen LogP contribution in [0.25, 0.3) is 0 Å². The number of anilines is 1. The average Bonchev–Trinajstić information content (AvgIpc) is 2.38. The van der Waals surface area contributed by atoms with Crippen molar-refractivity contribution in [2.45, 2.75) is 26.0 Å². The van der Waals surface area contributed by atoms with Gasteiger partial charge in [0.25, 0.3) is 0 Å². The number of alkyl halides is 1. The maximum absolute atomic E-state index is 5.70. The molecule has 2 heterocycles. The summed E-state index contributed by atoms with van der Waals surface area (Å²) in [4.78, 5) is 11.1. The number of ether oxygens (including phenoxy) is 2. The Kier molecular flexibility index (Phi) is 4.40. The van der Waals surface area contributed by atoms with Gasteiger partial charge in [0.15, 0.2) is 0 Å². The van der Waals surface area contributed by atoms with E-state index in [-0.39, 0.29) is 12.1 Å². The number of nitrogens with zero attached hydrogens (tertiary/aromatic N) is 3. The van der Waals surface area contributed by atoms with E-state index in [0.717, 1.165) is 17.6 Å². The first-order valence-corrected chi connectivity index (χ1v) is 7.10. The number of methoxy groups -OCH3 is 1. The molecule has 0 saturated carbocycles. The molecular formula is C12H18BrN3O2. The molecule has 0 aliphatic carbocycles. The Balaban J connectivity index is 2.25. The molecule has 2 rings (SSSR count). The quantitative estimate of drug-likeness (QED) is 0.796. The topological polar surface area (TPSA) is 47.5 Å². The Labute approximate surface area is 116 Å². The molecule has 1 aromatic rings. The van der Waals surface area contributed by atoms with E-state index in [1.54, 1.807) is 7.11 Å². The van der Waals surface area contributed by atoms with E-state index in [4.69, 9.17) is 9.47 Å². The zero-order valence-electron chi connectivity index (χ0n) is 10.9. The zero-order chi connectivity index (χ0) is 13.1. The van der Waals surface area contributed by atoms with Gasteiger partial charge in [-0.2, -0.15) is 4.98 Å². The van der Waals surface area contributed by atoms with Crippen LogP contribution in [-0.2, 0) is 4.74 Å². The van der Waals surface area contributed by atoms with E-state index < -0.39 is 0 Å². The van der Waals surface area contributed by atoms with Gasteiger partial charge in [0.05, 0.1) is 25.9 Å². The average molecular weight is 316 g/mol. The molecule has 18 heavy (non-hydrogen) atoms. The van der Waals surface area contributed by atoms with Gasteiger partial charge in [-0.3, -0.25) is 0 Å². The highest BCUT2D eigenvalue weighted by atomic mass is 79.9. The molecule has 6 heteroatoms. The summed E-state index contributed by atoms with van der Waals surface area (Å²) in [6, 6.07) is 2.10. The molecular weight excluding hydrogens is 298 g/mol. The van der Waals surface area contributed by atoms with Crippen LogP contribution in [0.5, 0.6) is 5.88 Å². The lowest BCUT2D eigenvalue weighted by Crippen LogP contribution is -2.49. The number of hydrogen-bond donors (Lipinski definition) is 0. The first-order valence-electron chi connectivity index (χ1n) is 5.98. The van der Waals surface area contributed by atoms with Crippen LogP contribution in [0.4, 0.5) is 5.95 Å². The van der Waals surface area contributed by atoms with Crippen molar-refractivity contribution in [2.24, 2.45) is 0 Å². The van der Waals surface area contributed by atoms with Crippen molar-refractivity contribution in [3.8, 4) is 5.88 Å². The van der Waals surface area contributed by atoms with Crippen LogP contribution in [0.1, 0.15) is 12.6 Å². The van der Waals surface area contributed by atoms with Crippen molar-refractivity contribution < 1.29 is 9.47 Å². The number of morpholine rings is 1. The molecule has 5 nitrogen and oxygen atoms in total. The van der Waals surface area contributed by atoms with E-state index in [0.29, 0.717) is 18.4 Å². The van der Waals surface area contributed by atoms with Gasteiger partial charge in [-0.05, 0) is 13.8 Å². The Bertz CT molecular complexity index is 416. The highest BCUT2D eigenvalue weighted by Crippen LogP contribution is 2.21. The van der Waals surface area contributed by atoms with Gasteiger partial charge < -0.3 is 14.4 Å². The fourth-order valence-corrected chi connectivity index (χ4v) is 2.34. The molecule has 0 aromatic carbocycles. The fraction of sp³-hybridized carbons (Fsp3) is 0.667.